The first-order valence-electron chi connectivity index (χ1n) is 5.54. The molecule has 0 aliphatic carbocycles. The number of carbonyl (C=O) groups is 1. The fourth-order valence-corrected chi connectivity index (χ4v) is 3.70. The van der Waals surface area contributed by atoms with Crippen LogP contribution in [0.3, 0.4) is 0 Å². The minimum atomic E-state index is -4.30. The van der Waals surface area contributed by atoms with Crippen molar-refractivity contribution >= 4 is 39.2 Å². The highest BCUT2D eigenvalue weighted by Gasteiger charge is 2.32. The number of rotatable bonds is 6. The highest BCUT2D eigenvalue weighted by atomic mass is 35.5. The van der Waals surface area contributed by atoms with Gasteiger partial charge in [0.1, 0.15) is 4.90 Å². The van der Waals surface area contributed by atoms with E-state index in [1.165, 1.54) is 6.92 Å². The fourth-order valence-electron chi connectivity index (χ4n) is 1.41. The lowest BCUT2D eigenvalue weighted by Gasteiger charge is -2.26. The molecule has 1 rings (SSSR count). The van der Waals surface area contributed by atoms with Crippen LogP contribution in [0.1, 0.15) is 17.3 Å². The molecule has 0 aliphatic heterocycles. The average molecular weight is 358 g/mol. The van der Waals surface area contributed by atoms with Gasteiger partial charge in [-0.15, -0.1) is 0 Å². The van der Waals surface area contributed by atoms with Crippen LogP contribution in [0, 0.1) is 0 Å². The van der Waals surface area contributed by atoms with Gasteiger partial charge in [0.15, 0.2) is 0 Å². The third kappa shape index (κ3) is 4.06. The van der Waals surface area contributed by atoms with Gasteiger partial charge in [-0.25, -0.2) is 17.9 Å². The van der Waals surface area contributed by atoms with E-state index in [2.05, 4.69) is 4.72 Å². The molecule has 0 aromatic heterocycles. The van der Waals surface area contributed by atoms with Gasteiger partial charge in [-0.3, -0.25) is 0 Å². The van der Waals surface area contributed by atoms with Gasteiger partial charge in [0, 0.05) is 5.02 Å². The van der Waals surface area contributed by atoms with Crippen molar-refractivity contribution in [2.24, 2.45) is 0 Å². The highest BCUT2D eigenvalue weighted by Crippen LogP contribution is 2.30. The summed E-state index contributed by atoms with van der Waals surface area (Å²) < 4.78 is 26.5. The van der Waals surface area contributed by atoms with E-state index in [9.17, 15) is 13.2 Å². The van der Waals surface area contributed by atoms with Gasteiger partial charge in [0.25, 0.3) is 0 Å². The van der Waals surface area contributed by atoms with Crippen LogP contribution in [0.25, 0.3) is 0 Å². The zero-order valence-electron chi connectivity index (χ0n) is 10.8. The molecule has 21 heavy (non-hydrogen) atoms. The smallest absolute Gasteiger partial charge is 0.337 e. The summed E-state index contributed by atoms with van der Waals surface area (Å²) in [5.74, 6) is -1.44. The molecule has 0 spiro atoms. The monoisotopic (exact) mass is 357 g/mol. The second-order valence-electron chi connectivity index (χ2n) is 4.55. The number of benzene rings is 1. The Labute approximate surface area is 131 Å². The Hall–Kier alpha value is -0.900. The van der Waals surface area contributed by atoms with E-state index >= 15 is 0 Å². The predicted octanol–water partition coefficient (Wildman–Crippen LogP) is 0.713. The van der Waals surface area contributed by atoms with Crippen molar-refractivity contribution in [2.75, 3.05) is 13.2 Å². The maximum Gasteiger partial charge on any atom is 0.337 e. The van der Waals surface area contributed by atoms with Crippen molar-refractivity contribution in [3.63, 3.8) is 0 Å². The molecule has 1 aromatic carbocycles. The van der Waals surface area contributed by atoms with E-state index in [4.69, 9.17) is 38.5 Å². The zero-order valence-corrected chi connectivity index (χ0v) is 13.1. The molecule has 0 atom stereocenters. The van der Waals surface area contributed by atoms with Gasteiger partial charge in [-0.1, -0.05) is 23.2 Å². The molecule has 0 saturated heterocycles. The van der Waals surface area contributed by atoms with Gasteiger partial charge in [0.2, 0.25) is 10.0 Å². The van der Waals surface area contributed by atoms with Crippen molar-refractivity contribution in [3.05, 3.63) is 27.7 Å². The second-order valence-corrected chi connectivity index (χ2v) is 7.02. The Morgan fingerprint density at radius 3 is 2.24 bits per heavy atom. The zero-order chi connectivity index (χ0) is 16.4. The second kappa shape index (κ2) is 6.47. The molecule has 1 aromatic rings. The molecule has 10 heteroatoms. The Morgan fingerprint density at radius 1 is 1.29 bits per heavy atom. The van der Waals surface area contributed by atoms with Gasteiger partial charge in [0.05, 0.1) is 29.3 Å². The van der Waals surface area contributed by atoms with Crippen LogP contribution >= 0.6 is 23.2 Å². The van der Waals surface area contributed by atoms with Crippen LogP contribution in [0.4, 0.5) is 0 Å². The Morgan fingerprint density at radius 2 is 1.81 bits per heavy atom. The summed E-state index contributed by atoms with van der Waals surface area (Å²) in [6.07, 6.45) is 0. The summed E-state index contributed by atoms with van der Waals surface area (Å²) in [6, 6.07) is 2.00. The molecule has 0 unspecified atom stereocenters. The Kier molecular flexibility index (Phi) is 5.59. The van der Waals surface area contributed by atoms with Gasteiger partial charge in [-0.05, 0) is 19.1 Å². The van der Waals surface area contributed by atoms with E-state index in [1.54, 1.807) is 0 Å². The molecular formula is C11H13Cl2NO6S. The molecule has 4 N–H and O–H groups in total. The maximum absolute atomic E-state index is 12.2. The van der Waals surface area contributed by atoms with Crippen molar-refractivity contribution in [3.8, 4) is 0 Å². The first-order valence-corrected chi connectivity index (χ1v) is 7.78. The fraction of sp³-hybridized carbons (Fsp3) is 0.364. The van der Waals surface area contributed by atoms with Crippen LogP contribution in [0.5, 0.6) is 0 Å². The number of halogens is 2. The lowest BCUT2D eigenvalue weighted by molar-refractivity contribution is 0.0696. The summed E-state index contributed by atoms with van der Waals surface area (Å²) >= 11 is 11.5. The minimum Gasteiger partial charge on any atom is -0.478 e. The lowest BCUT2D eigenvalue weighted by Crippen LogP contribution is -2.51. The van der Waals surface area contributed by atoms with Crippen LogP contribution in [0.2, 0.25) is 10.0 Å². The first kappa shape index (κ1) is 18.1. The lowest BCUT2D eigenvalue weighted by atomic mass is 10.1. The highest BCUT2D eigenvalue weighted by molar-refractivity contribution is 7.89. The first-order chi connectivity index (χ1) is 9.56. The van der Waals surface area contributed by atoms with Crippen molar-refractivity contribution in [1.29, 1.82) is 0 Å². The number of sulfonamides is 1. The van der Waals surface area contributed by atoms with Crippen molar-refractivity contribution in [1.82, 2.24) is 4.72 Å². The number of nitrogens with one attached hydrogen (secondary N) is 1. The Bertz CT molecular complexity index is 657. The van der Waals surface area contributed by atoms with Crippen LogP contribution < -0.4 is 4.72 Å². The summed E-state index contributed by atoms with van der Waals surface area (Å²) in [6.45, 7) is -0.0828. The topological polar surface area (TPSA) is 124 Å². The summed E-state index contributed by atoms with van der Waals surface area (Å²) in [5.41, 5.74) is -2.01. The van der Waals surface area contributed by atoms with Crippen LogP contribution in [-0.2, 0) is 10.0 Å². The van der Waals surface area contributed by atoms with E-state index in [0.29, 0.717) is 0 Å². The largest absolute Gasteiger partial charge is 0.478 e. The molecule has 0 aliphatic rings. The molecule has 0 fully saturated rings. The van der Waals surface area contributed by atoms with Gasteiger partial charge >= 0.3 is 5.97 Å². The third-order valence-electron chi connectivity index (χ3n) is 2.60. The normalized spacial score (nSPS) is 12.4. The van der Waals surface area contributed by atoms with Crippen molar-refractivity contribution < 1.29 is 28.5 Å². The SMILES string of the molecule is CC(CO)(CO)NS(=O)(=O)c1cc(Cl)cc(C(=O)O)c1Cl. The molecule has 0 heterocycles. The average Bonchev–Trinajstić information content (AvgIpc) is 2.39. The number of aliphatic hydroxyl groups excluding tert-OH is 2. The van der Waals surface area contributed by atoms with Crippen LogP contribution in [-0.4, -0.2) is 48.5 Å². The number of carboxylic acid groups (broad SMARTS) is 1. The third-order valence-corrected chi connectivity index (χ3v) is 5.00. The van der Waals surface area contributed by atoms with Gasteiger partial charge in [-0.2, -0.15) is 0 Å². The molecule has 0 radical (unpaired) electrons. The summed E-state index contributed by atoms with van der Waals surface area (Å²) in [5, 5.41) is 26.6. The molecule has 0 bridgehead atoms. The molecule has 0 amide bonds. The van der Waals surface area contributed by atoms with Crippen molar-refractivity contribution in [2.45, 2.75) is 17.4 Å². The number of carboxylic acids is 1. The van der Waals surface area contributed by atoms with Gasteiger partial charge < -0.3 is 15.3 Å². The standard InChI is InChI=1S/C11H13Cl2NO6S/c1-11(4-15,5-16)14-21(19,20)8-3-6(12)2-7(9(8)13)10(17)18/h2-3,14-16H,4-5H2,1H3,(H,17,18). The number of aromatic carboxylic acids is 1. The molecule has 0 saturated carbocycles. The molecular weight excluding hydrogens is 345 g/mol. The summed E-state index contributed by atoms with van der Waals surface area (Å²) in [7, 11) is -4.30. The van der Waals surface area contributed by atoms with E-state index in [0.717, 1.165) is 12.1 Å². The summed E-state index contributed by atoms with van der Waals surface area (Å²) in [4.78, 5) is 10.5. The van der Waals surface area contributed by atoms with Crippen LogP contribution in [0.15, 0.2) is 17.0 Å². The molecule has 118 valence electrons. The predicted molar refractivity (Wildman–Crippen MR) is 76.3 cm³/mol. The quantitative estimate of drug-likeness (QED) is 0.594. The van der Waals surface area contributed by atoms with E-state index in [-0.39, 0.29) is 5.02 Å². The number of hydrogen-bond donors (Lipinski definition) is 4. The minimum absolute atomic E-state index is 0.133. The Balaban J connectivity index is 3.42. The van der Waals surface area contributed by atoms with E-state index in [1.807, 2.05) is 0 Å². The molecule has 7 nitrogen and oxygen atoms in total. The maximum atomic E-state index is 12.2. The number of aliphatic hydroxyl groups is 2. The van der Waals surface area contributed by atoms with E-state index < -0.39 is 50.2 Å². The number of hydrogen-bond acceptors (Lipinski definition) is 5.